The fourth-order valence-corrected chi connectivity index (χ4v) is 6.53. The molecule has 0 saturated carbocycles. The van der Waals surface area contributed by atoms with Gasteiger partial charge in [0.1, 0.15) is 0 Å². The minimum Gasteiger partial charge on any atom is -0.399 e. The van der Waals surface area contributed by atoms with Crippen LogP contribution in [0.3, 0.4) is 0 Å². The molecule has 0 aromatic heterocycles. The molecular weight excluding hydrogens is 532 g/mol. The van der Waals surface area contributed by atoms with Crippen molar-refractivity contribution in [2.75, 3.05) is 11.5 Å². The zero-order valence-corrected chi connectivity index (χ0v) is 27.6. The molecule has 2 nitrogen and oxygen atoms in total. The average Bonchev–Trinajstić information content (AvgIpc) is 3.04. The Kier molecular flexibility index (Phi) is 13.4. The average molecular weight is 589 g/mol. The third-order valence-electron chi connectivity index (χ3n) is 9.60. The molecule has 2 unspecified atom stereocenters. The van der Waals surface area contributed by atoms with Crippen LogP contribution < -0.4 is 11.5 Å². The van der Waals surface area contributed by atoms with Crippen LogP contribution in [0.4, 0.5) is 11.4 Å². The third kappa shape index (κ3) is 10.6. The maximum absolute atomic E-state index is 5.91. The number of rotatable bonds is 18. The van der Waals surface area contributed by atoms with Crippen molar-refractivity contribution < 1.29 is 0 Å². The van der Waals surface area contributed by atoms with E-state index in [1.165, 1.54) is 97.6 Å². The van der Waals surface area contributed by atoms with Crippen molar-refractivity contribution in [2.24, 2.45) is 5.92 Å². The van der Waals surface area contributed by atoms with Gasteiger partial charge >= 0.3 is 0 Å². The van der Waals surface area contributed by atoms with Gasteiger partial charge in [-0.3, -0.25) is 0 Å². The Morgan fingerprint density at radius 2 is 0.750 bits per heavy atom. The van der Waals surface area contributed by atoms with E-state index < -0.39 is 0 Å². The molecule has 0 heterocycles. The molecule has 44 heavy (non-hydrogen) atoms. The van der Waals surface area contributed by atoms with Crippen LogP contribution in [0.15, 0.2) is 97.1 Å². The van der Waals surface area contributed by atoms with Crippen LogP contribution in [0.2, 0.25) is 0 Å². The summed E-state index contributed by atoms with van der Waals surface area (Å²) in [7, 11) is 0. The second kappa shape index (κ2) is 17.7. The van der Waals surface area contributed by atoms with Gasteiger partial charge in [-0.25, -0.2) is 0 Å². The van der Waals surface area contributed by atoms with Gasteiger partial charge in [-0.2, -0.15) is 0 Å². The standard InChI is InChI=1S/C42H56N2/c1-4-5-6-7-8-9-10-11-12-13-36(30-34-14-18-37(19-15-34)32(2)39-22-26-41(43)27-23-39)31-35-16-20-38(21-17-35)33(3)40-24-28-42(44)29-25-40/h14-29,32-33,36H,4-13,30-31,43-44H2,1-3H3. The number of hydrogen-bond donors (Lipinski definition) is 2. The molecule has 2 atom stereocenters. The third-order valence-corrected chi connectivity index (χ3v) is 9.60. The minimum atomic E-state index is 0.358. The second-order valence-corrected chi connectivity index (χ2v) is 13.2. The molecule has 0 amide bonds. The predicted octanol–water partition coefficient (Wildman–Crippen LogP) is 11.5. The summed E-state index contributed by atoms with van der Waals surface area (Å²) in [5, 5.41) is 0. The van der Waals surface area contributed by atoms with E-state index in [0.717, 1.165) is 24.2 Å². The van der Waals surface area contributed by atoms with Crippen LogP contribution >= 0.6 is 0 Å². The molecule has 234 valence electrons. The van der Waals surface area contributed by atoms with E-state index in [0.29, 0.717) is 17.8 Å². The molecule has 4 aromatic rings. The normalized spacial score (nSPS) is 13.4. The van der Waals surface area contributed by atoms with Gasteiger partial charge in [-0.15, -0.1) is 0 Å². The largest absolute Gasteiger partial charge is 0.399 e. The second-order valence-electron chi connectivity index (χ2n) is 13.2. The molecule has 0 aliphatic rings. The minimum absolute atomic E-state index is 0.358. The van der Waals surface area contributed by atoms with Crippen molar-refractivity contribution in [2.45, 2.75) is 110 Å². The summed E-state index contributed by atoms with van der Waals surface area (Å²) in [6.07, 6.45) is 16.0. The van der Waals surface area contributed by atoms with Crippen LogP contribution in [0, 0.1) is 5.92 Å². The monoisotopic (exact) mass is 588 g/mol. The first-order valence-corrected chi connectivity index (χ1v) is 17.3. The number of hydrogen-bond acceptors (Lipinski definition) is 2. The first kappa shape index (κ1) is 33.4. The van der Waals surface area contributed by atoms with Crippen LogP contribution in [0.5, 0.6) is 0 Å². The molecule has 0 spiro atoms. The molecule has 0 radical (unpaired) electrons. The summed E-state index contributed by atoms with van der Waals surface area (Å²) in [6.45, 7) is 6.86. The lowest BCUT2D eigenvalue weighted by molar-refractivity contribution is 0.444. The number of benzene rings is 4. The molecule has 4 aromatic carbocycles. The Morgan fingerprint density at radius 1 is 0.432 bits per heavy atom. The molecular formula is C42H56N2. The number of anilines is 2. The molecule has 0 fully saturated rings. The summed E-state index contributed by atoms with van der Waals surface area (Å²) >= 11 is 0. The van der Waals surface area contributed by atoms with Gasteiger partial charge in [-0.05, 0) is 82.8 Å². The summed E-state index contributed by atoms with van der Waals surface area (Å²) in [5.41, 5.74) is 21.7. The molecule has 0 aliphatic heterocycles. The molecule has 2 heteroatoms. The Morgan fingerprint density at radius 3 is 1.11 bits per heavy atom. The first-order valence-electron chi connectivity index (χ1n) is 17.3. The first-order chi connectivity index (χ1) is 21.4. The zero-order chi connectivity index (χ0) is 31.1. The van der Waals surface area contributed by atoms with E-state index in [4.69, 9.17) is 11.5 Å². The molecule has 4 rings (SSSR count). The van der Waals surface area contributed by atoms with Gasteiger partial charge in [-0.1, -0.05) is 151 Å². The van der Waals surface area contributed by atoms with E-state index in [2.05, 4.69) is 93.6 Å². The molecule has 4 N–H and O–H groups in total. The van der Waals surface area contributed by atoms with E-state index in [-0.39, 0.29) is 0 Å². The van der Waals surface area contributed by atoms with Crippen LogP contribution in [0.25, 0.3) is 0 Å². The number of nitrogens with two attached hydrogens (primary N) is 2. The van der Waals surface area contributed by atoms with Crippen molar-refractivity contribution in [1.29, 1.82) is 0 Å². The zero-order valence-electron chi connectivity index (χ0n) is 27.6. The summed E-state index contributed by atoms with van der Waals surface area (Å²) in [6, 6.07) is 35.4. The van der Waals surface area contributed by atoms with Gasteiger partial charge in [0.25, 0.3) is 0 Å². The van der Waals surface area contributed by atoms with Crippen LogP contribution in [0.1, 0.15) is 130 Å². The van der Waals surface area contributed by atoms with E-state index in [1.54, 1.807) is 0 Å². The fraction of sp³-hybridized carbons (Fsp3) is 0.429. The highest BCUT2D eigenvalue weighted by molar-refractivity contribution is 5.44. The van der Waals surface area contributed by atoms with Crippen molar-refractivity contribution in [1.82, 2.24) is 0 Å². The van der Waals surface area contributed by atoms with Crippen molar-refractivity contribution in [3.8, 4) is 0 Å². The SMILES string of the molecule is CCCCCCCCCCCC(Cc1ccc(C(C)c2ccc(N)cc2)cc1)Cc1ccc(C(C)c2ccc(N)cc2)cc1. The highest BCUT2D eigenvalue weighted by Crippen LogP contribution is 2.29. The Bertz CT molecular complexity index is 1240. The van der Waals surface area contributed by atoms with Gasteiger partial charge in [0.05, 0.1) is 0 Å². The van der Waals surface area contributed by atoms with Gasteiger partial charge < -0.3 is 11.5 Å². The Balaban J connectivity index is 1.37. The molecule has 0 aliphatic carbocycles. The topological polar surface area (TPSA) is 52.0 Å². The Hall–Kier alpha value is -3.52. The van der Waals surface area contributed by atoms with E-state index in [1.807, 2.05) is 24.3 Å². The molecule has 0 saturated heterocycles. The maximum atomic E-state index is 5.91. The predicted molar refractivity (Wildman–Crippen MR) is 192 cm³/mol. The van der Waals surface area contributed by atoms with E-state index in [9.17, 15) is 0 Å². The number of unbranched alkanes of at least 4 members (excludes halogenated alkanes) is 8. The summed E-state index contributed by atoms with van der Waals surface area (Å²) in [4.78, 5) is 0. The number of nitrogen functional groups attached to an aromatic ring is 2. The lowest BCUT2D eigenvalue weighted by Crippen LogP contribution is -2.09. The van der Waals surface area contributed by atoms with Gasteiger partial charge in [0, 0.05) is 23.2 Å². The highest BCUT2D eigenvalue weighted by atomic mass is 14.5. The maximum Gasteiger partial charge on any atom is 0.0314 e. The fourth-order valence-electron chi connectivity index (χ4n) is 6.53. The quantitative estimate of drug-likeness (QED) is 0.0897. The van der Waals surface area contributed by atoms with E-state index >= 15 is 0 Å². The smallest absolute Gasteiger partial charge is 0.0314 e. The van der Waals surface area contributed by atoms with Crippen LogP contribution in [-0.4, -0.2) is 0 Å². The lowest BCUT2D eigenvalue weighted by atomic mass is 9.86. The Labute approximate surface area is 268 Å². The van der Waals surface area contributed by atoms with Crippen LogP contribution in [-0.2, 0) is 12.8 Å². The summed E-state index contributed by atoms with van der Waals surface area (Å²) in [5.74, 6) is 1.37. The lowest BCUT2D eigenvalue weighted by Gasteiger charge is -2.19. The van der Waals surface area contributed by atoms with Crippen molar-refractivity contribution >= 4 is 11.4 Å². The van der Waals surface area contributed by atoms with Crippen molar-refractivity contribution in [3.05, 3.63) is 130 Å². The molecule has 0 bridgehead atoms. The van der Waals surface area contributed by atoms with Crippen molar-refractivity contribution in [3.63, 3.8) is 0 Å². The summed E-state index contributed by atoms with van der Waals surface area (Å²) < 4.78 is 0. The van der Waals surface area contributed by atoms with Gasteiger partial charge in [0.15, 0.2) is 0 Å². The van der Waals surface area contributed by atoms with Gasteiger partial charge in [0.2, 0.25) is 0 Å². The highest BCUT2D eigenvalue weighted by Gasteiger charge is 2.14.